The first-order valence-electron chi connectivity index (χ1n) is 17.8. The summed E-state index contributed by atoms with van der Waals surface area (Å²) in [6.45, 7) is 11.7. The van der Waals surface area contributed by atoms with Crippen molar-refractivity contribution in [3.05, 3.63) is 173 Å². The van der Waals surface area contributed by atoms with Crippen molar-refractivity contribution in [1.82, 2.24) is 0 Å². The largest absolute Gasteiger partial charge is 0.310 e. The normalized spacial score (nSPS) is 14.8. The molecule has 10 rings (SSSR count). The molecule has 0 aromatic heterocycles. The van der Waals surface area contributed by atoms with Crippen LogP contribution in [0.2, 0.25) is 0 Å². The Kier molecular flexibility index (Phi) is 5.96. The van der Waals surface area contributed by atoms with E-state index in [9.17, 15) is 0 Å². The Bertz CT molecular complexity index is 2710. The third-order valence-corrected chi connectivity index (χ3v) is 11.8. The van der Waals surface area contributed by atoms with Gasteiger partial charge in [-0.25, -0.2) is 0 Å². The van der Waals surface area contributed by atoms with Gasteiger partial charge in [0.2, 0.25) is 0 Å². The predicted octanol–water partition coefficient (Wildman–Crippen LogP) is 13.5. The topological polar surface area (TPSA) is 3.24 Å². The minimum absolute atomic E-state index is 0.0831. The first kappa shape index (κ1) is 29.3. The van der Waals surface area contributed by atoms with Gasteiger partial charge in [0.15, 0.2) is 0 Å². The van der Waals surface area contributed by atoms with Crippen LogP contribution in [-0.4, -0.2) is 0 Å². The number of nitrogens with zero attached hydrogens (tertiary/aromatic N) is 1. The second kappa shape index (κ2) is 10.2. The zero-order chi connectivity index (χ0) is 33.9. The van der Waals surface area contributed by atoms with E-state index in [4.69, 9.17) is 0 Å². The monoisotopic (exact) mass is 641 g/mol. The summed E-state index contributed by atoms with van der Waals surface area (Å²) in [6.07, 6.45) is 0. The summed E-state index contributed by atoms with van der Waals surface area (Å²) in [6, 6.07) is 55.0. The minimum Gasteiger partial charge on any atom is -0.310 e. The van der Waals surface area contributed by atoms with Crippen molar-refractivity contribution in [2.45, 2.75) is 45.4 Å². The Balaban J connectivity index is 1.14. The fourth-order valence-corrected chi connectivity index (χ4v) is 9.06. The number of hydrogen-bond acceptors (Lipinski definition) is 1. The van der Waals surface area contributed by atoms with Crippen LogP contribution in [0.25, 0.3) is 54.6 Å². The molecule has 0 unspecified atom stereocenters. The molecule has 0 spiro atoms. The van der Waals surface area contributed by atoms with E-state index in [2.05, 4.69) is 185 Å². The molecule has 0 amide bonds. The molecule has 0 saturated heterocycles. The SMILES string of the molecule is Cc1ccc(N(c2ccc3c(c2)C(C)(C)c2ccc4ccccc4c2-3)c2ccc3cc4c(cc3c2)C(C)(C)c2cc3ccccc3cc2-4)cc1. The lowest BCUT2D eigenvalue weighted by atomic mass is 9.81. The molecule has 0 atom stereocenters. The van der Waals surface area contributed by atoms with Gasteiger partial charge < -0.3 is 4.90 Å². The Morgan fingerprint density at radius 3 is 1.64 bits per heavy atom. The second-order valence-electron chi connectivity index (χ2n) is 15.5. The third kappa shape index (κ3) is 4.07. The molecule has 1 nitrogen and oxygen atoms in total. The highest BCUT2D eigenvalue weighted by Gasteiger charge is 2.38. The van der Waals surface area contributed by atoms with Crippen LogP contribution in [0.3, 0.4) is 0 Å². The van der Waals surface area contributed by atoms with Crippen molar-refractivity contribution in [3.8, 4) is 22.3 Å². The van der Waals surface area contributed by atoms with E-state index in [-0.39, 0.29) is 10.8 Å². The molecule has 0 radical (unpaired) electrons. The van der Waals surface area contributed by atoms with Crippen LogP contribution >= 0.6 is 0 Å². The van der Waals surface area contributed by atoms with Crippen LogP contribution in [-0.2, 0) is 10.8 Å². The predicted molar refractivity (Wildman–Crippen MR) is 214 cm³/mol. The number of fused-ring (bicyclic) bond motifs is 10. The summed E-state index contributed by atoms with van der Waals surface area (Å²) in [5.41, 5.74) is 15.6. The van der Waals surface area contributed by atoms with Gasteiger partial charge in [0, 0.05) is 27.9 Å². The average molecular weight is 642 g/mol. The summed E-state index contributed by atoms with van der Waals surface area (Å²) < 4.78 is 0. The summed E-state index contributed by atoms with van der Waals surface area (Å²) >= 11 is 0. The summed E-state index contributed by atoms with van der Waals surface area (Å²) in [4.78, 5) is 2.44. The third-order valence-electron chi connectivity index (χ3n) is 11.8. The van der Waals surface area contributed by atoms with E-state index in [1.807, 2.05) is 0 Å². The van der Waals surface area contributed by atoms with Crippen LogP contribution in [0.15, 0.2) is 146 Å². The van der Waals surface area contributed by atoms with Crippen molar-refractivity contribution in [2.75, 3.05) is 4.90 Å². The van der Waals surface area contributed by atoms with Gasteiger partial charge in [-0.2, -0.15) is 0 Å². The zero-order valence-electron chi connectivity index (χ0n) is 29.3. The van der Waals surface area contributed by atoms with Gasteiger partial charge in [0.1, 0.15) is 0 Å². The number of hydrogen-bond donors (Lipinski definition) is 0. The highest BCUT2D eigenvalue weighted by Crippen LogP contribution is 2.54. The van der Waals surface area contributed by atoms with Gasteiger partial charge in [-0.15, -0.1) is 0 Å². The molecular weight excluding hydrogens is 603 g/mol. The Morgan fingerprint density at radius 2 is 0.900 bits per heavy atom. The molecule has 50 heavy (non-hydrogen) atoms. The highest BCUT2D eigenvalue weighted by atomic mass is 15.1. The molecule has 1 heteroatoms. The summed E-state index contributed by atoms with van der Waals surface area (Å²) in [7, 11) is 0. The van der Waals surface area contributed by atoms with Crippen molar-refractivity contribution in [3.63, 3.8) is 0 Å². The summed E-state index contributed by atoms with van der Waals surface area (Å²) in [5.74, 6) is 0. The molecule has 8 aromatic carbocycles. The minimum atomic E-state index is -0.112. The Morgan fingerprint density at radius 1 is 0.380 bits per heavy atom. The number of aryl methyl sites for hydroxylation is 1. The molecule has 0 N–H and O–H groups in total. The molecule has 0 aliphatic heterocycles. The van der Waals surface area contributed by atoms with Crippen LogP contribution < -0.4 is 4.90 Å². The molecule has 240 valence electrons. The van der Waals surface area contributed by atoms with Gasteiger partial charge in [-0.3, -0.25) is 0 Å². The fourth-order valence-electron chi connectivity index (χ4n) is 9.06. The Hall–Kier alpha value is -5.66. The highest BCUT2D eigenvalue weighted by molar-refractivity contribution is 6.03. The van der Waals surface area contributed by atoms with Crippen molar-refractivity contribution in [1.29, 1.82) is 0 Å². The van der Waals surface area contributed by atoms with Crippen molar-refractivity contribution >= 4 is 49.4 Å². The van der Waals surface area contributed by atoms with E-state index in [0.29, 0.717) is 0 Å². The van der Waals surface area contributed by atoms with Crippen LogP contribution in [0.5, 0.6) is 0 Å². The first-order valence-corrected chi connectivity index (χ1v) is 17.8. The lowest BCUT2D eigenvalue weighted by molar-refractivity contribution is 0.661. The maximum absolute atomic E-state index is 2.46. The molecule has 0 saturated carbocycles. The maximum Gasteiger partial charge on any atom is 0.0468 e. The van der Waals surface area contributed by atoms with E-state index < -0.39 is 0 Å². The molecule has 2 aliphatic rings. The van der Waals surface area contributed by atoms with Crippen molar-refractivity contribution < 1.29 is 0 Å². The Labute approximate surface area is 294 Å². The fraction of sp³-hybridized carbons (Fsp3) is 0.143. The number of rotatable bonds is 3. The van der Waals surface area contributed by atoms with Crippen LogP contribution in [0.4, 0.5) is 17.1 Å². The molecule has 2 aliphatic carbocycles. The lowest BCUT2D eigenvalue weighted by Gasteiger charge is -2.28. The van der Waals surface area contributed by atoms with Crippen LogP contribution in [0.1, 0.15) is 55.5 Å². The number of anilines is 3. The first-order chi connectivity index (χ1) is 24.2. The molecule has 0 heterocycles. The zero-order valence-corrected chi connectivity index (χ0v) is 29.3. The van der Waals surface area contributed by atoms with E-state index in [0.717, 1.165) is 5.69 Å². The van der Waals surface area contributed by atoms with Gasteiger partial charge in [-0.1, -0.05) is 118 Å². The van der Waals surface area contributed by atoms with Gasteiger partial charge in [0.05, 0.1) is 0 Å². The summed E-state index contributed by atoms with van der Waals surface area (Å²) in [5, 5.41) is 7.77. The van der Waals surface area contributed by atoms with E-state index in [1.165, 1.54) is 93.8 Å². The van der Waals surface area contributed by atoms with Crippen molar-refractivity contribution in [2.24, 2.45) is 0 Å². The number of benzene rings is 8. The molecule has 0 bridgehead atoms. The van der Waals surface area contributed by atoms with Crippen LogP contribution in [0, 0.1) is 6.92 Å². The maximum atomic E-state index is 2.46. The van der Waals surface area contributed by atoms with E-state index in [1.54, 1.807) is 0 Å². The van der Waals surface area contributed by atoms with E-state index >= 15 is 0 Å². The lowest BCUT2D eigenvalue weighted by Crippen LogP contribution is -2.16. The quantitative estimate of drug-likeness (QED) is 0.186. The van der Waals surface area contributed by atoms with Gasteiger partial charge >= 0.3 is 0 Å². The molecule has 0 fully saturated rings. The van der Waals surface area contributed by atoms with Gasteiger partial charge in [-0.05, 0) is 144 Å². The second-order valence-corrected chi connectivity index (χ2v) is 15.5. The van der Waals surface area contributed by atoms with Gasteiger partial charge in [0.25, 0.3) is 0 Å². The molecule has 8 aromatic rings. The smallest absolute Gasteiger partial charge is 0.0468 e. The molecular formula is C49H39N. The average Bonchev–Trinajstić information content (AvgIpc) is 3.49. The standard InChI is InChI=1S/C49H39N/c1-30-14-18-36(19-15-30)50(38-21-22-40-46(29-38)48(2,3)43-23-17-31-10-8-9-13-39(31)47(40)43)37-20-16-34-26-42-41-25-32-11-6-7-12-33(32)27-44(41)49(4,5)45(42)28-35(34)24-37/h6-29H,1-5H3.